The van der Waals surface area contributed by atoms with E-state index in [1.54, 1.807) is 7.11 Å². The smallest absolute Gasteiger partial charge is 0.151 e. The zero-order valence-electron chi connectivity index (χ0n) is 19.8. The zero-order valence-corrected chi connectivity index (χ0v) is 19.8. The van der Waals surface area contributed by atoms with Crippen LogP contribution in [0, 0.1) is 5.92 Å². The number of ether oxygens (including phenoxy) is 2. The van der Waals surface area contributed by atoms with Gasteiger partial charge in [0.25, 0.3) is 0 Å². The summed E-state index contributed by atoms with van der Waals surface area (Å²) in [6, 6.07) is 14.6. The molecular formula is C26H32BN3O3. The van der Waals surface area contributed by atoms with E-state index in [1.165, 1.54) is 11.1 Å². The van der Waals surface area contributed by atoms with E-state index in [0.29, 0.717) is 6.61 Å². The molecule has 0 saturated carbocycles. The fourth-order valence-corrected chi connectivity index (χ4v) is 5.03. The Kier molecular flexibility index (Phi) is 6.42. The Morgan fingerprint density at radius 1 is 1.15 bits per heavy atom. The summed E-state index contributed by atoms with van der Waals surface area (Å²) in [6.07, 6.45) is 2.32. The molecule has 1 fully saturated rings. The van der Waals surface area contributed by atoms with Gasteiger partial charge in [0.2, 0.25) is 0 Å². The number of benzene rings is 2. The van der Waals surface area contributed by atoms with E-state index in [1.807, 2.05) is 20.0 Å². The first-order chi connectivity index (χ1) is 16.1. The van der Waals surface area contributed by atoms with Crippen LogP contribution in [0.3, 0.4) is 0 Å². The minimum atomic E-state index is 0.0340. The van der Waals surface area contributed by atoms with E-state index in [9.17, 15) is 0 Å². The Labute approximate surface area is 197 Å². The molecular weight excluding hydrogens is 413 g/mol. The van der Waals surface area contributed by atoms with Gasteiger partial charge in [-0.15, -0.1) is 0 Å². The lowest BCUT2D eigenvalue weighted by Crippen LogP contribution is -2.50. The summed E-state index contributed by atoms with van der Waals surface area (Å²) >= 11 is 0. The molecule has 3 aliphatic heterocycles. The van der Waals surface area contributed by atoms with Crippen molar-refractivity contribution in [2.45, 2.75) is 13.0 Å². The molecule has 0 aromatic heterocycles. The number of rotatable bonds is 6. The summed E-state index contributed by atoms with van der Waals surface area (Å²) < 4.78 is 11.6. The number of methoxy groups -OCH3 is 1. The Morgan fingerprint density at radius 2 is 1.91 bits per heavy atom. The minimum absolute atomic E-state index is 0.0340. The van der Waals surface area contributed by atoms with Gasteiger partial charge in [0.15, 0.2) is 6.10 Å². The fraction of sp³-hybridized carbons (Fsp3) is 0.423. The molecule has 0 radical (unpaired) electrons. The van der Waals surface area contributed by atoms with Gasteiger partial charge >= 0.3 is 0 Å². The van der Waals surface area contributed by atoms with Gasteiger partial charge in [0.05, 0.1) is 13.0 Å². The van der Waals surface area contributed by atoms with E-state index >= 15 is 0 Å². The Morgan fingerprint density at radius 3 is 2.67 bits per heavy atom. The fourth-order valence-electron chi connectivity index (χ4n) is 5.03. The number of piperazine rings is 1. The molecule has 2 unspecified atom stereocenters. The first kappa shape index (κ1) is 22.0. The summed E-state index contributed by atoms with van der Waals surface area (Å²) in [4.78, 5) is 11.0. The van der Waals surface area contributed by atoms with Crippen LogP contribution in [0.5, 0.6) is 11.5 Å². The third kappa shape index (κ3) is 4.80. The van der Waals surface area contributed by atoms with Crippen LogP contribution in [0.2, 0.25) is 0 Å². The highest BCUT2D eigenvalue weighted by molar-refractivity contribution is 6.34. The molecule has 172 valence electrons. The first-order valence-corrected chi connectivity index (χ1v) is 11.8. The van der Waals surface area contributed by atoms with Crippen LogP contribution in [0.15, 0.2) is 53.2 Å². The number of fused-ring (bicyclic) bond motifs is 3. The lowest BCUT2D eigenvalue weighted by atomic mass is 9.86. The van der Waals surface area contributed by atoms with E-state index in [-0.39, 0.29) is 12.0 Å². The normalized spacial score (nSPS) is 23.2. The van der Waals surface area contributed by atoms with Crippen molar-refractivity contribution in [3.63, 3.8) is 0 Å². The van der Waals surface area contributed by atoms with Crippen molar-refractivity contribution in [3.8, 4) is 11.5 Å². The van der Waals surface area contributed by atoms with E-state index in [0.717, 1.165) is 67.5 Å². The van der Waals surface area contributed by atoms with Crippen molar-refractivity contribution in [2.24, 2.45) is 11.1 Å². The molecule has 2 aromatic rings. The first-order valence-electron chi connectivity index (χ1n) is 11.8. The second kappa shape index (κ2) is 9.61. The molecule has 5 rings (SSSR count). The Bertz CT molecular complexity index is 1050. The third-order valence-electron chi connectivity index (χ3n) is 6.87. The molecule has 0 N–H and O–H groups in total. The van der Waals surface area contributed by atoms with Crippen molar-refractivity contribution in [3.05, 3.63) is 59.2 Å². The molecule has 2 aromatic carbocycles. The van der Waals surface area contributed by atoms with Crippen LogP contribution in [0.4, 0.5) is 0 Å². The van der Waals surface area contributed by atoms with Gasteiger partial charge in [-0.25, -0.2) is 0 Å². The SMILES string of the molecule is Bc1cc2c(cc1OC)C1=NOC(CN3CCN(C/C(C)=C/c4ccccc4)CC3)C1CO2. The van der Waals surface area contributed by atoms with Crippen molar-refractivity contribution in [2.75, 3.05) is 53.0 Å². The lowest BCUT2D eigenvalue weighted by molar-refractivity contribution is 0.0101. The maximum absolute atomic E-state index is 6.10. The van der Waals surface area contributed by atoms with Crippen LogP contribution >= 0.6 is 0 Å². The van der Waals surface area contributed by atoms with Crippen LogP contribution in [0.1, 0.15) is 18.1 Å². The van der Waals surface area contributed by atoms with Crippen molar-refractivity contribution in [1.82, 2.24) is 9.80 Å². The second-order valence-corrected chi connectivity index (χ2v) is 9.33. The average molecular weight is 445 g/mol. The molecule has 3 aliphatic rings. The molecule has 33 heavy (non-hydrogen) atoms. The van der Waals surface area contributed by atoms with E-state index in [2.05, 4.69) is 58.3 Å². The maximum atomic E-state index is 6.10. The predicted molar refractivity (Wildman–Crippen MR) is 135 cm³/mol. The summed E-state index contributed by atoms with van der Waals surface area (Å²) in [5, 5.41) is 4.48. The van der Waals surface area contributed by atoms with Crippen molar-refractivity contribution < 1.29 is 14.3 Å². The lowest BCUT2D eigenvalue weighted by Gasteiger charge is -2.36. The van der Waals surface area contributed by atoms with Gasteiger partial charge in [0, 0.05) is 44.8 Å². The van der Waals surface area contributed by atoms with Gasteiger partial charge in [-0.3, -0.25) is 9.80 Å². The monoisotopic (exact) mass is 445 g/mol. The molecule has 0 spiro atoms. The number of nitrogens with zero attached hydrogens (tertiary/aromatic N) is 3. The van der Waals surface area contributed by atoms with Crippen molar-refractivity contribution in [1.29, 1.82) is 0 Å². The molecule has 0 bridgehead atoms. The third-order valence-corrected chi connectivity index (χ3v) is 6.87. The highest BCUT2D eigenvalue weighted by Gasteiger charge is 2.41. The minimum Gasteiger partial charge on any atom is -0.497 e. The number of oxime groups is 1. The standard InChI is InChI=1S/C26H32BN3O3/c1-18(12-19-6-4-3-5-7-19)15-29-8-10-30(11-9-29)16-25-21-17-32-23-14-22(27)24(31-2)13-20(23)26(21)28-33-25/h3-7,12-14,21,25H,8-11,15-17,27H2,1-2H3/b18-12+. The Hall–Kier alpha value is -2.77. The van der Waals surface area contributed by atoms with Gasteiger partial charge in [-0.1, -0.05) is 47.1 Å². The topological polar surface area (TPSA) is 46.5 Å². The maximum Gasteiger partial charge on any atom is 0.151 e. The molecule has 6 nitrogen and oxygen atoms in total. The van der Waals surface area contributed by atoms with Gasteiger partial charge in [-0.2, -0.15) is 0 Å². The summed E-state index contributed by atoms with van der Waals surface area (Å²) in [5.41, 5.74) is 5.74. The van der Waals surface area contributed by atoms with Gasteiger partial charge in [-0.05, 0) is 30.1 Å². The Balaban J connectivity index is 1.15. The second-order valence-electron chi connectivity index (χ2n) is 9.33. The van der Waals surface area contributed by atoms with Gasteiger partial charge in [0.1, 0.15) is 31.7 Å². The van der Waals surface area contributed by atoms with Crippen LogP contribution in [-0.2, 0) is 4.84 Å². The molecule has 7 heteroatoms. The van der Waals surface area contributed by atoms with Crippen LogP contribution in [0.25, 0.3) is 6.08 Å². The highest BCUT2D eigenvalue weighted by atomic mass is 16.6. The predicted octanol–water partition coefficient (Wildman–Crippen LogP) is 1.79. The molecule has 3 heterocycles. The van der Waals surface area contributed by atoms with E-state index in [4.69, 9.17) is 14.3 Å². The highest BCUT2D eigenvalue weighted by Crippen LogP contribution is 2.35. The summed E-state index contributed by atoms with van der Waals surface area (Å²) in [6.45, 7) is 8.97. The zero-order chi connectivity index (χ0) is 22.8. The van der Waals surface area contributed by atoms with E-state index < -0.39 is 0 Å². The molecule has 0 aliphatic carbocycles. The quantitative estimate of drug-likeness (QED) is 0.635. The number of hydrogen-bond acceptors (Lipinski definition) is 6. The van der Waals surface area contributed by atoms with Crippen molar-refractivity contribution >= 4 is 25.1 Å². The van der Waals surface area contributed by atoms with Crippen LogP contribution < -0.4 is 14.9 Å². The average Bonchev–Trinajstić information content (AvgIpc) is 3.23. The molecule has 1 saturated heterocycles. The molecule has 0 amide bonds. The summed E-state index contributed by atoms with van der Waals surface area (Å²) in [7, 11) is 3.73. The largest absolute Gasteiger partial charge is 0.497 e. The van der Waals surface area contributed by atoms with Crippen LogP contribution in [-0.4, -0.2) is 82.4 Å². The van der Waals surface area contributed by atoms with Gasteiger partial charge < -0.3 is 14.3 Å². The number of hydrogen-bond donors (Lipinski definition) is 0. The summed E-state index contributed by atoms with van der Waals surface area (Å²) in [5.74, 6) is 1.90. The molecule has 2 atom stereocenters.